The number of fused-ring (bicyclic) bond motifs is 1. The lowest BCUT2D eigenvalue weighted by molar-refractivity contribution is 0.111. The van der Waals surface area contributed by atoms with E-state index in [0.717, 1.165) is 30.3 Å². The maximum Gasteiger partial charge on any atom is 0.170 e. The molecule has 2 aromatic heterocycles. The first-order chi connectivity index (χ1) is 8.88. The van der Waals surface area contributed by atoms with Gasteiger partial charge in [0, 0.05) is 22.8 Å². The average Bonchev–Trinajstić information content (AvgIpc) is 3.02. The Bertz CT molecular complexity index is 681. The third-order valence-electron chi connectivity index (χ3n) is 3.18. The van der Waals surface area contributed by atoms with Gasteiger partial charge in [0.15, 0.2) is 6.29 Å². The summed E-state index contributed by atoms with van der Waals surface area (Å²) in [6.07, 6.45) is 6.06. The summed E-state index contributed by atoms with van der Waals surface area (Å²) in [5, 5.41) is 1.24. The van der Waals surface area contributed by atoms with Gasteiger partial charge in [0.1, 0.15) is 5.69 Å². The number of hydrogen-bond acceptors (Lipinski definition) is 2. The fraction of sp³-hybridized carbons (Fsp3) is 0.143. The lowest BCUT2D eigenvalue weighted by Crippen LogP contribution is -1.95. The molecule has 0 fully saturated rings. The highest BCUT2D eigenvalue weighted by Crippen LogP contribution is 2.19. The molecule has 0 saturated heterocycles. The molecule has 3 aromatic rings. The molecule has 0 atom stereocenters. The third kappa shape index (κ3) is 1.82. The minimum Gasteiger partial charge on any atom is -0.361 e. The lowest BCUT2D eigenvalue weighted by Gasteiger charge is -1.99. The number of carbonyl (C=O) groups excluding carboxylic acids is 1. The molecular weight excluding hydrogens is 226 g/mol. The molecule has 4 heteroatoms. The number of para-hydroxylation sites is 1. The van der Waals surface area contributed by atoms with Gasteiger partial charge in [-0.05, 0) is 24.5 Å². The lowest BCUT2D eigenvalue weighted by atomic mass is 10.1. The maximum absolute atomic E-state index is 10.8. The Balaban J connectivity index is 1.83. The molecule has 4 nitrogen and oxygen atoms in total. The summed E-state index contributed by atoms with van der Waals surface area (Å²) in [7, 11) is 0. The maximum atomic E-state index is 10.8. The third-order valence-corrected chi connectivity index (χ3v) is 3.18. The van der Waals surface area contributed by atoms with Gasteiger partial charge < -0.3 is 9.97 Å². The van der Waals surface area contributed by atoms with Gasteiger partial charge in [0.25, 0.3) is 0 Å². The van der Waals surface area contributed by atoms with Gasteiger partial charge >= 0.3 is 0 Å². The number of aryl methyl sites for hydroxylation is 2. The number of aldehydes is 1. The zero-order valence-electron chi connectivity index (χ0n) is 9.81. The van der Waals surface area contributed by atoms with Crippen molar-refractivity contribution in [1.29, 1.82) is 0 Å². The summed E-state index contributed by atoms with van der Waals surface area (Å²) in [6, 6.07) is 8.22. The van der Waals surface area contributed by atoms with E-state index in [1.54, 1.807) is 6.33 Å². The molecule has 0 aliphatic rings. The molecule has 0 radical (unpaired) electrons. The van der Waals surface area contributed by atoms with Crippen molar-refractivity contribution in [2.24, 2.45) is 0 Å². The second-order valence-electron chi connectivity index (χ2n) is 4.24. The number of nitrogens with zero attached hydrogens (tertiary/aromatic N) is 1. The largest absolute Gasteiger partial charge is 0.361 e. The molecule has 3 rings (SSSR count). The minimum atomic E-state index is 0.509. The monoisotopic (exact) mass is 239 g/mol. The zero-order chi connectivity index (χ0) is 12.4. The quantitative estimate of drug-likeness (QED) is 0.687. The Kier molecular flexibility index (Phi) is 2.68. The Labute approximate surface area is 104 Å². The number of rotatable bonds is 4. The van der Waals surface area contributed by atoms with E-state index in [2.05, 4.69) is 27.1 Å². The van der Waals surface area contributed by atoms with Gasteiger partial charge in [-0.15, -0.1) is 0 Å². The molecule has 0 amide bonds. The van der Waals surface area contributed by atoms with Crippen LogP contribution in [0.4, 0.5) is 0 Å². The number of aromatic amines is 2. The number of carbonyl (C=O) groups is 1. The van der Waals surface area contributed by atoms with Gasteiger partial charge in [-0.3, -0.25) is 4.79 Å². The standard InChI is InChI=1S/C14H13N3O/c18-8-14-13(16-9-17-14)6-5-10-7-15-12-4-2-1-3-11(10)12/h1-4,7-9,15H,5-6H2,(H,16,17). The Hall–Kier alpha value is -2.36. The van der Waals surface area contributed by atoms with E-state index in [1.807, 2.05) is 18.3 Å². The molecule has 2 N–H and O–H groups in total. The molecular formula is C14H13N3O. The summed E-state index contributed by atoms with van der Waals surface area (Å²) < 4.78 is 0. The number of benzene rings is 1. The Morgan fingerprint density at radius 2 is 2.06 bits per heavy atom. The predicted molar refractivity (Wildman–Crippen MR) is 69.7 cm³/mol. The van der Waals surface area contributed by atoms with Crippen LogP contribution in [0.5, 0.6) is 0 Å². The van der Waals surface area contributed by atoms with Crippen LogP contribution in [0.1, 0.15) is 21.7 Å². The SMILES string of the molecule is O=Cc1nc[nH]c1CCc1c[nH]c2ccccc12. The van der Waals surface area contributed by atoms with Crippen LogP contribution in [0.2, 0.25) is 0 Å². The topological polar surface area (TPSA) is 61.5 Å². The first-order valence-corrected chi connectivity index (χ1v) is 5.91. The fourth-order valence-corrected chi connectivity index (χ4v) is 2.23. The molecule has 2 heterocycles. The number of H-pyrrole nitrogens is 2. The second-order valence-corrected chi connectivity index (χ2v) is 4.24. The van der Waals surface area contributed by atoms with E-state index in [1.165, 1.54) is 10.9 Å². The van der Waals surface area contributed by atoms with Crippen molar-refractivity contribution in [3.63, 3.8) is 0 Å². The molecule has 90 valence electrons. The van der Waals surface area contributed by atoms with Gasteiger partial charge in [-0.25, -0.2) is 4.98 Å². The summed E-state index contributed by atoms with van der Waals surface area (Å²) >= 11 is 0. The first kappa shape index (κ1) is 10.8. The van der Waals surface area contributed by atoms with Gasteiger partial charge in [0.05, 0.1) is 6.33 Å². The van der Waals surface area contributed by atoms with Crippen molar-refractivity contribution in [1.82, 2.24) is 15.0 Å². The van der Waals surface area contributed by atoms with E-state index in [4.69, 9.17) is 0 Å². The molecule has 18 heavy (non-hydrogen) atoms. The minimum absolute atomic E-state index is 0.509. The Morgan fingerprint density at radius 3 is 2.94 bits per heavy atom. The second kappa shape index (κ2) is 4.49. The van der Waals surface area contributed by atoms with E-state index in [-0.39, 0.29) is 0 Å². The van der Waals surface area contributed by atoms with Crippen molar-refractivity contribution < 1.29 is 4.79 Å². The van der Waals surface area contributed by atoms with Crippen molar-refractivity contribution in [2.45, 2.75) is 12.8 Å². The summed E-state index contributed by atoms with van der Waals surface area (Å²) in [4.78, 5) is 21.0. The number of aromatic nitrogens is 3. The predicted octanol–water partition coefficient (Wildman–Crippen LogP) is 2.49. The molecule has 0 bridgehead atoms. The molecule has 0 aliphatic carbocycles. The van der Waals surface area contributed by atoms with Crippen molar-refractivity contribution >= 4 is 17.2 Å². The highest BCUT2D eigenvalue weighted by atomic mass is 16.1. The number of hydrogen-bond donors (Lipinski definition) is 2. The van der Waals surface area contributed by atoms with Gasteiger partial charge in [-0.1, -0.05) is 18.2 Å². The summed E-state index contributed by atoms with van der Waals surface area (Å²) in [6.45, 7) is 0. The number of imidazole rings is 1. The molecule has 0 saturated carbocycles. The smallest absolute Gasteiger partial charge is 0.170 e. The van der Waals surface area contributed by atoms with E-state index in [9.17, 15) is 4.79 Å². The van der Waals surface area contributed by atoms with Crippen molar-refractivity contribution in [3.8, 4) is 0 Å². The van der Waals surface area contributed by atoms with Crippen molar-refractivity contribution in [2.75, 3.05) is 0 Å². The normalized spacial score (nSPS) is 10.9. The molecule has 0 unspecified atom stereocenters. The zero-order valence-corrected chi connectivity index (χ0v) is 9.81. The Morgan fingerprint density at radius 1 is 1.17 bits per heavy atom. The van der Waals surface area contributed by atoms with Crippen LogP contribution in [-0.2, 0) is 12.8 Å². The first-order valence-electron chi connectivity index (χ1n) is 5.91. The molecule has 1 aromatic carbocycles. The van der Waals surface area contributed by atoms with Crippen LogP contribution in [0.3, 0.4) is 0 Å². The molecule has 0 aliphatic heterocycles. The molecule has 0 spiro atoms. The van der Waals surface area contributed by atoms with E-state index >= 15 is 0 Å². The highest BCUT2D eigenvalue weighted by molar-refractivity contribution is 5.83. The summed E-state index contributed by atoms with van der Waals surface area (Å²) in [5.74, 6) is 0. The van der Waals surface area contributed by atoms with Gasteiger partial charge in [-0.2, -0.15) is 0 Å². The number of nitrogens with one attached hydrogen (secondary N) is 2. The van der Waals surface area contributed by atoms with Crippen LogP contribution in [0.15, 0.2) is 36.8 Å². The van der Waals surface area contributed by atoms with Crippen LogP contribution >= 0.6 is 0 Å². The van der Waals surface area contributed by atoms with Crippen molar-refractivity contribution in [3.05, 3.63) is 53.7 Å². The van der Waals surface area contributed by atoms with Crippen LogP contribution in [-0.4, -0.2) is 21.2 Å². The van der Waals surface area contributed by atoms with E-state index in [0.29, 0.717) is 5.69 Å². The van der Waals surface area contributed by atoms with E-state index < -0.39 is 0 Å². The van der Waals surface area contributed by atoms with Crippen LogP contribution in [0, 0.1) is 0 Å². The fourth-order valence-electron chi connectivity index (χ4n) is 2.23. The van der Waals surface area contributed by atoms with Crippen LogP contribution in [0.25, 0.3) is 10.9 Å². The van der Waals surface area contributed by atoms with Gasteiger partial charge in [0.2, 0.25) is 0 Å². The average molecular weight is 239 g/mol. The summed E-state index contributed by atoms with van der Waals surface area (Å²) in [5.41, 5.74) is 3.81. The highest BCUT2D eigenvalue weighted by Gasteiger charge is 2.07. The van der Waals surface area contributed by atoms with Crippen LogP contribution < -0.4 is 0 Å².